The monoisotopic (exact) mass is 262 g/mol. The zero-order valence-electron chi connectivity index (χ0n) is 12.3. The number of likely N-dealkylation sites (N-methyl/N-ethyl adjacent to an activating group) is 1. The lowest BCUT2D eigenvalue weighted by molar-refractivity contribution is 0.188. The molecule has 1 aromatic carbocycles. The third kappa shape index (κ3) is 3.28. The Morgan fingerprint density at radius 3 is 2.79 bits per heavy atom. The highest BCUT2D eigenvalue weighted by Gasteiger charge is 2.26. The molecule has 0 aromatic heterocycles. The van der Waals surface area contributed by atoms with Crippen LogP contribution in [0.1, 0.15) is 31.7 Å². The van der Waals surface area contributed by atoms with Crippen molar-refractivity contribution in [3.8, 4) is 0 Å². The van der Waals surface area contributed by atoms with Gasteiger partial charge in [0.1, 0.15) is 0 Å². The highest BCUT2D eigenvalue weighted by atomic mass is 16.3. The van der Waals surface area contributed by atoms with Gasteiger partial charge in [-0.1, -0.05) is 32.0 Å². The van der Waals surface area contributed by atoms with Gasteiger partial charge in [-0.15, -0.1) is 0 Å². The Balaban J connectivity index is 2.08. The van der Waals surface area contributed by atoms with Gasteiger partial charge in [0.05, 0.1) is 6.61 Å². The van der Waals surface area contributed by atoms with Crippen LogP contribution in [-0.4, -0.2) is 49.3 Å². The van der Waals surface area contributed by atoms with Gasteiger partial charge in [0.2, 0.25) is 0 Å². The molecule has 0 bridgehead atoms. The molecule has 106 valence electrons. The Bertz CT molecular complexity index is 405. The normalized spacial score (nSPS) is 19.7. The molecule has 3 heteroatoms. The lowest BCUT2D eigenvalue weighted by Gasteiger charge is -2.26. The molecule has 1 N–H and O–H groups in total. The third-order valence-corrected chi connectivity index (χ3v) is 4.14. The fourth-order valence-electron chi connectivity index (χ4n) is 2.92. The van der Waals surface area contributed by atoms with Gasteiger partial charge in [-0.25, -0.2) is 0 Å². The summed E-state index contributed by atoms with van der Waals surface area (Å²) in [4.78, 5) is 4.77. The maximum atomic E-state index is 9.04. The maximum Gasteiger partial charge on any atom is 0.0558 e. The molecular weight excluding hydrogens is 236 g/mol. The quantitative estimate of drug-likeness (QED) is 0.882. The van der Waals surface area contributed by atoms with Crippen LogP contribution in [0.4, 0.5) is 5.69 Å². The first kappa shape index (κ1) is 14.4. The molecule has 1 unspecified atom stereocenters. The van der Waals surface area contributed by atoms with E-state index in [4.69, 9.17) is 5.11 Å². The first-order valence-corrected chi connectivity index (χ1v) is 7.28. The van der Waals surface area contributed by atoms with Crippen LogP contribution >= 0.6 is 0 Å². The molecule has 2 rings (SSSR count). The first-order chi connectivity index (χ1) is 9.13. The number of aliphatic hydroxyl groups is 1. The minimum Gasteiger partial charge on any atom is -0.395 e. The van der Waals surface area contributed by atoms with E-state index in [1.807, 2.05) is 0 Å². The SMILES string of the molecule is CC(C)c1ccccc1N1CCC(N(C)CCO)C1. The summed E-state index contributed by atoms with van der Waals surface area (Å²) in [7, 11) is 2.11. The molecule has 0 radical (unpaired) electrons. The molecule has 3 nitrogen and oxygen atoms in total. The second kappa shape index (κ2) is 6.40. The van der Waals surface area contributed by atoms with Crippen LogP contribution in [0.2, 0.25) is 0 Å². The number of aliphatic hydroxyl groups excluding tert-OH is 1. The van der Waals surface area contributed by atoms with Gasteiger partial charge in [0, 0.05) is 31.4 Å². The van der Waals surface area contributed by atoms with Gasteiger partial charge in [-0.3, -0.25) is 4.90 Å². The molecule has 0 aliphatic carbocycles. The van der Waals surface area contributed by atoms with Crippen molar-refractivity contribution >= 4 is 5.69 Å². The van der Waals surface area contributed by atoms with Crippen LogP contribution < -0.4 is 4.90 Å². The van der Waals surface area contributed by atoms with Crippen LogP contribution in [-0.2, 0) is 0 Å². The number of para-hydroxylation sites is 1. The van der Waals surface area contributed by atoms with Crippen molar-refractivity contribution in [2.24, 2.45) is 0 Å². The second-order valence-corrected chi connectivity index (χ2v) is 5.81. The molecule has 19 heavy (non-hydrogen) atoms. The van der Waals surface area contributed by atoms with E-state index < -0.39 is 0 Å². The molecule has 0 amide bonds. The van der Waals surface area contributed by atoms with Crippen molar-refractivity contribution in [2.45, 2.75) is 32.2 Å². The summed E-state index contributed by atoms with van der Waals surface area (Å²) in [6.07, 6.45) is 1.18. The van der Waals surface area contributed by atoms with Crippen molar-refractivity contribution in [2.75, 3.05) is 38.2 Å². The number of rotatable bonds is 5. The Kier molecular flexibility index (Phi) is 4.83. The van der Waals surface area contributed by atoms with Crippen molar-refractivity contribution < 1.29 is 5.11 Å². The van der Waals surface area contributed by atoms with E-state index in [0.717, 1.165) is 19.6 Å². The molecule has 0 spiro atoms. The summed E-state index contributed by atoms with van der Waals surface area (Å²) in [5.74, 6) is 0.561. The zero-order chi connectivity index (χ0) is 13.8. The smallest absolute Gasteiger partial charge is 0.0558 e. The summed E-state index contributed by atoms with van der Waals surface area (Å²) >= 11 is 0. The van der Waals surface area contributed by atoms with Crippen molar-refractivity contribution in [3.63, 3.8) is 0 Å². The summed E-state index contributed by atoms with van der Waals surface area (Å²) < 4.78 is 0. The predicted octanol–water partition coefficient (Wildman–Crippen LogP) is 2.31. The van der Waals surface area contributed by atoms with Crippen LogP contribution in [0.15, 0.2) is 24.3 Å². The average Bonchev–Trinajstić information content (AvgIpc) is 2.88. The molecule has 1 heterocycles. The topological polar surface area (TPSA) is 26.7 Å². The van der Waals surface area contributed by atoms with Gasteiger partial charge in [-0.2, -0.15) is 0 Å². The minimum absolute atomic E-state index is 0.246. The molecule has 1 saturated heterocycles. The fourth-order valence-corrected chi connectivity index (χ4v) is 2.92. The lowest BCUT2D eigenvalue weighted by Crippen LogP contribution is -2.36. The average molecular weight is 262 g/mol. The van der Waals surface area contributed by atoms with Crippen molar-refractivity contribution in [1.82, 2.24) is 4.90 Å². The number of anilines is 1. The Morgan fingerprint density at radius 2 is 2.11 bits per heavy atom. The van der Waals surface area contributed by atoms with Gasteiger partial charge < -0.3 is 10.0 Å². The third-order valence-electron chi connectivity index (χ3n) is 4.14. The van der Waals surface area contributed by atoms with E-state index in [0.29, 0.717) is 12.0 Å². The van der Waals surface area contributed by atoms with E-state index in [1.54, 1.807) is 0 Å². The number of benzene rings is 1. The summed E-state index contributed by atoms with van der Waals surface area (Å²) in [6.45, 7) is 7.71. The molecular formula is C16H26N2O. The maximum absolute atomic E-state index is 9.04. The highest BCUT2D eigenvalue weighted by molar-refractivity contribution is 5.55. The Morgan fingerprint density at radius 1 is 1.37 bits per heavy atom. The molecule has 1 atom stereocenters. The Hall–Kier alpha value is -1.06. The number of hydrogen-bond acceptors (Lipinski definition) is 3. The molecule has 1 aliphatic heterocycles. The van der Waals surface area contributed by atoms with Crippen LogP contribution in [0.5, 0.6) is 0 Å². The van der Waals surface area contributed by atoms with Gasteiger partial charge in [0.15, 0.2) is 0 Å². The Labute approximate surface area is 116 Å². The van der Waals surface area contributed by atoms with Crippen LogP contribution in [0, 0.1) is 0 Å². The van der Waals surface area contributed by atoms with Crippen LogP contribution in [0.25, 0.3) is 0 Å². The van der Waals surface area contributed by atoms with E-state index in [9.17, 15) is 0 Å². The van der Waals surface area contributed by atoms with Gasteiger partial charge in [0.25, 0.3) is 0 Å². The summed E-state index contributed by atoms with van der Waals surface area (Å²) in [5, 5.41) is 9.04. The second-order valence-electron chi connectivity index (χ2n) is 5.81. The van der Waals surface area contributed by atoms with E-state index in [1.165, 1.54) is 17.7 Å². The highest BCUT2D eigenvalue weighted by Crippen LogP contribution is 2.30. The number of hydrogen-bond donors (Lipinski definition) is 1. The van der Waals surface area contributed by atoms with E-state index in [2.05, 4.69) is 55.0 Å². The molecule has 0 saturated carbocycles. The van der Waals surface area contributed by atoms with Gasteiger partial charge >= 0.3 is 0 Å². The molecule has 1 fully saturated rings. The van der Waals surface area contributed by atoms with E-state index in [-0.39, 0.29) is 6.61 Å². The lowest BCUT2D eigenvalue weighted by atomic mass is 10.0. The van der Waals surface area contributed by atoms with Crippen LogP contribution in [0.3, 0.4) is 0 Å². The zero-order valence-corrected chi connectivity index (χ0v) is 12.3. The first-order valence-electron chi connectivity index (χ1n) is 7.28. The molecule has 1 aromatic rings. The predicted molar refractivity (Wildman–Crippen MR) is 80.9 cm³/mol. The minimum atomic E-state index is 0.246. The number of nitrogens with zero attached hydrogens (tertiary/aromatic N) is 2. The van der Waals surface area contributed by atoms with Crippen molar-refractivity contribution in [3.05, 3.63) is 29.8 Å². The van der Waals surface area contributed by atoms with E-state index >= 15 is 0 Å². The standard InChI is InChI=1S/C16H26N2O/c1-13(2)15-6-4-5-7-16(15)18-9-8-14(12-18)17(3)10-11-19/h4-7,13-14,19H,8-12H2,1-3H3. The van der Waals surface area contributed by atoms with Gasteiger partial charge in [-0.05, 0) is 31.0 Å². The van der Waals surface area contributed by atoms with Crippen molar-refractivity contribution in [1.29, 1.82) is 0 Å². The summed E-state index contributed by atoms with van der Waals surface area (Å²) in [5.41, 5.74) is 2.82. The molecule has 1 aliphatic rings. The fraction of sp³-hybridized carbons (Fsp3) is 0.625. The summed E-state index contributed by atoms with van der Waals surface area (Å²) in [6, 6.07) is 9.30. The largest absolute Gasteiger partial charge is 0.395 e.